The van der Waals surface area contributed by atoms with E-state index in [2.05, 4.69) is 15.3 Å². The third-order valence-corrected chi connectivity index (χ3v) is 5.42. The molecule has 0 radical (unpaired) electrons. The predicted molar refractivity (Wildman–Crippen MR) is 100 cm³/mol. The highest BCUT2D eigenvalue weighted by molar-refractivity contribution is 5.94. The van der Waals surface area contributed by atoms with Gasteiger partial charge < -0.3 is 5.32 Å². The van der Waals surface area contributed by atoms with Crippen LogP contribution in [0, 0.1) is 11.6 Å². The Morgan fingerprint density at radius 1 is 1.14 bits per heavy atom. The largest absolute Gasteiger partial charge is 0.351 e. The maximum atomic E-state index is 14.4. The number of halogens is 2. The Kier molecular flexibility index (Phi) is 4.90. The lowest BCUT2D eigenvalue weighted by atomic mass is 9.78. The van der Waals surface area contributed by atoms with E-state index < -0.39 is 17.0 Å². The molecular weight excluding hydrogens is 362 g/mol. The first-order valence-electron chi connectivity index (χ1n) is 9.26. The van der Waals surface area contributed by atoms with Gasteiger partial charge in [0.15, 0.2) is 0 Å². The molecule has 4 rings (SSSR count). The molecule has 2 heterocycles. The van der Waals surface area contributed by atoms with Crippen LogP contribution in [0.2, 0.25) is 0 Å². The molecular formula is C21H20F2N4O. The SMILES string of the molecule is O=C(NCC1(c2c(F)cccc2F)CCCC1)c1ccc(-n2ccnc2)nc1. The summed E-state index contributed by atoms with van der Waals surface area (Å²) in [5, 5.41) is 2.86. The van der Waals surface area contributed by atoms with E-state index in [4.69, 9.17) is 0 Å². The summed E-state index contributed by atoms with van der Waals surface area (Å²) in [6, 6.07) is 7.31. The molecule has 1 aromatic carbocycles. The van der Waals surface area contributed by atoms with Crippen LogP contribution >= 0.6 is 0 Å². The summed E-state index contributed by atoms with van der Waals surface area (Å²) in [7, 11) is 0. The fraction of sp³-hybridized carbons (Fsp3) is 0.286. The first kappa shape index (κ1) is 18.3. The lowest BCUT2D eigenvalue weighted by Crippen LogP contribution is -2.40. The normalized spacial score (nSPS) is 15.5. The summed E-state index contributed by atoms with van der Waals surface area (Å²) in [5.41, 5.74) is -0.234. The van der Waals surface area contributed by atoms with Gasteiger partial charge in [-0.2, -0.15) is 0 Å². The van der Waals surface area contributed by atoms with E-state index in [0.29, 0.717) is 24.2 Å². The average Bonchev–Trinajstić information content (AvgIpc) is 3.39. The van der Waals surface area contributed by atoms with E-state index in [0.717, 1.165) is 12.8 Å². The molecule has 0 unspecified atom stereocenters. The van der Waals surface area contributed by atoms with E-state index in [9.17, 15) is 13.6 Å². The zero-order valence-electron chi connectivity index (χ0n) is 15.2. The van der Waals surface area contributed by atoms with E-state index in [1.54, 1.807) is 35.4 Å². The molecule has 0 saturated heterocycles. The number of carbonyl (C=O) groups excluding carboxylic acids is 1. The molecule has 1 saturated carbocycles. The first-order chi connectivity index (χ1) is 13.6. The van der Waals surface area contributed by atoms with Crippen molar-refractivity contribution in [2.24, 2.45) is 0 Å². The smallest absolute Gasteiger partial charge is 0.252 e. The van der Waals surface area contributed by atoms with Crippen molar-refractivity contribution >= 4 is 5.91 Å². The molecule has 1 N–H and O–H groups in total. The molecule has 0 atom stereocenters. The number of carbonyl (C=O) groups is 1. The number of aromatic nitrogens is 3. The molecule has 28 heavy (non-hydrogen) atoms. The molecule has 144 valence electrons. The molecule has 0 aliphatic heterocycles. The maximum Gasteiger partial charge on any atom is 0.252 e. The van der Waals surface area contributed by atoms with Crippen LogP contribution in [0.3, 0.4) is 0 Å². The summed E-state index contributed by atoms with van der Waals surface area (Å²) < 4.78 is 30.5. The van der Waals surface area contributed by atoms with Crippen LogP contribution in [0.5, 0.6) is 0 Å². The average molecular weight is 382 g/mol. The molecule has 1 amide bonds. The van der Waals surface area contributed by atoms with Crippen molar-refractivity contribution in [3.63, 3.8) is 0 Å². The second kappa shape index (κ2) is 7.50. The second-order valence-electron chi connectivity index (χ2n) is 7.14. The third kappa shape index (κ3) is 3.40. The fourth-order valence-electron chi connectivity index (χ4n) is 3.99. The van der Waals surface area contributed by atoms with Crippen molar-refractivity contribution in [3.05, 3.63) is 78.0 Å². The van der Waals surface area contributed by atoms with Gasteiger partial charge in [0.1, 0.15) is 23.8 Å². The predicted octanol–water partition coefficient (Wildman–Crippen LogP) is 3.79. The standard InChI is InChI=1S/C21H20F2N4O/c22-16-4-3-5-17(23)19(16)21(8-1-2-9-21)13-26-20(28)15-6-7-18(25-12-15)27-11-10-24-14-27/h3-7,10-12,14H,1-2,8-9,13H2,(H,26,28). The van der Waals surface area contributed by atoms with Gasteiger partial charge in [0.25, 0.3) is 5.91 Å². The van der Waals surface area contributed by atoms with Crippen molar-refractivity contribution in [1.29, 1.82) is 0 Å². The lowest BCUT2D eigenvalue weighted by molar-refractivity contribution is 0.0941. The van der Waals surface area contributed by atoms with E-state index >= 15 is 0 Å². The highest BCUT2D eigenvalue weighted by Crippen LogP contribution is 2.42. The van der Waals surface area contributed by atoms with Gasteiger partial charge in [0.2, 0.25) is 0 Å². The van der Waals surface area contributed by atoms with E-state index in [1.165, 1.54) is 24.4 Å². The number of nitrogens with one attached hydrogen (secondary N) is 1. The van der Waals surface area contributed by atoms with Crippen LogP contribution in [-0.4, -0.2) is 27.0 Å². The third-order valence-electron chi connectivity index (χ3n) is 5.42. The summed E-state index contributed by atoms with van der Waals surface area (Å²) in [6.45, 7) is 0.187. The van der Waals surface area contributed by atoms with Gasteiger partial charge in [-0.3, -0.25) is 9.36 Å². The van der Waals surface area contributed by atoms with Crippen LogP contribution in [0.4, 0.5) is 8.78 Å². The molecule has 7 heteroatoms. The Morgan fingerprint density at radius 3 is 2.50 bits per heavy atom. The van der Waals surface area contributed by atoms with Gasteiger partial charge in [0, 0.05) is 36.1 Å². The topological polar surface area (TPSA) is 59.8 Å². The van der Waals surface area contributed by atoms with Gasteiger partial charge in [-0.15, -0.1) is 0 Å². The zero-order chi connectivity index (χ0) is 19.6. The molecule has 0 bridgehead atoms. The van der Waals surface area contributed by atoms with Crippen LogP contribution in [0.15, 0.2) is 55.2 Å². The fourth-order valence-corrected chi connectivity index (χ4v) is 3.99. The Balaban J connectivity index is 1.51. The first-order valence-corrected chi connectivity index (χ1v) is 9.26. The van der Waals surface area contributed by atoms with Crippen molar-refractivity contribution in [2.45, 2.75) is 31.1 Å². The van der Waals surface area contributed by atoms with Crippen molar-refractivity contribution in [1.82, 2.24) is 19.9 Å². The van der Waals surface area contributed by atoms with Crippen LogP contribution < -0.4 is 5.32 Å². The number of pyridine rings is 1. The van der Waals surface area contributed by atoms with Gasteiger partial charge in [0.05, 0.1) is 5.56 Å². The van der Waals surface area contributed by atoms with Gasteiger partial charge in [-0.25, -0.2) is 18.7 Å². The Hall–Kier alpha value is -3.09. The van der Waals surface area contributed by atoms with Crippen LogP contribution in [0.1, 0.15) is 41.6 Å². The number of amides is 1. The minimum atomic E-state index is -0.713. The van der Waals surface area contributed by atoms with Gasteiger partial charge in [-0.05, 0) is 37.1 Å². The van der Waals surface area contributed by atoms with Crippen molar-refractivity contribution in [3.8, 4) is 5.82 Å². The highest BCUT2D eigenvalue weighted by atomic mass is 19.1. The van der Waals surface area contributed by atoms with Gasteiger partial charge >= 0.3 is 0 Å². The Morgan fingerprint density at radius 2 is 1.89 bits per heavy atom. The number of imidazole rings is 1. The van der Waals surface area contributed by atoms with E-state index in [1.807, 2.05) is 0 Å². The summed E-state index contributed by atoms with van der Waals surface area (Å²) in [4.78, 5) is 20.8. The molecule has 0 spiro atoms. The van der Waals surface area contributed by atoms with Crippen molar-refractivity contribution < 1.29 is 13.6 Å². The zero-order valence-corrected chi connectivity index (χ0v) is 15.2. The lowest BCUT2D eigenvalue weighted by Gasteiger charge is -2.30. The molecule has 3 aromatic rings. The minimum Gasteiger partial charge on any atom is -0.351 e. The van der Waals surface area contributed by atoms with Gasteiger partial charge in [-0.1, -0.05) is 18.9 Å². The number of hydrogen-bond acceptors (Lipinski definition) is 3. The van der Waals surface area contributed by atoms with Crippen LogP contribution in [0.25, 0.3) is 5.82 Å². The van der Waals surface area contributed by atoms with E-state index in [-0.39, 0.29) is 18.0 Å². The molecule has 5 nitrogen and oxygen atoms in total. The van der Waals surface area contributed by atoms with Crippen molar-refractivity contribution in [2.75, 3.05) is 6.54 Å². The summed E-state index contributed by atoms with van der Waals surface area (Å²) >= 11 is 0. The molecule has 1 fully saturated rings. The quantitative estimate of drug-likeness (QED) is 0.730. The maximum absolute atomic E-state index is 14.4. The molecule has 2 aromatic heterocycles. The second-order valence-corrected chi connectivity index (χ2v) is 7.14. The Labute approximate surface area is 161 Å². The summed E-state index contributed by atoms with van der Waals surface area (Å²) in [5.74, 6) is -0.771. The monoisotopic (exact) mass is 382 g/mol. The van der Waals surface area contributed by atoms with Crippen LogP contribution in [-0.2, 0) is 5.41 Å². The molecule has 1 aliphatic rings. The minimum absolute atomic E-state index is 0.0846. The number of benzene rings is 1. The Bertz CT molecular complexity index is 944. The number of nitrogens with zero attached hydrogens (tertiary/aromatic N) is 3. The summed E-state index contributed by atoms with van der Waals surface area (Å²) in [6.07, 6.45) is 9.55. The highest BCUT2D eigenvalue weighted by Gasteiger charge is 2.40. The number of hydrogen-bond donors (Lipinski definition) is 1. The number of rotatable bonds is 5. The molecule has 1 aliphatic carbocycles.